The molecule has 4 aromatic heterocycles. The largest absolute Gasteiger partial charge is 0.289 e. The Kier molecular flexibility index (Phi) is 5.13. The van der Waals surface area contributed by atoms with Crippen LogP contribution in [0, 0.1) is 19.8 Å². The van der Waals surface area contributed by atoms with Gasteiger partial charge in [-0.1, -0.05) is 0 Å². The van der Waals surface area contributed by atoms with Crippen molar-refractivity contribution >= 4 is 11.3 Å². The van der Waals surface area contributed by atoms with Crippen LogP contribution in [-0.2, 0) is 13.1 Å². The molecule has 1 saturated carbocycles. The second-order valence-corrected chi connectivity index (χ2v) is 9.02. The normalized spacial score (nSPS) is 15.0. The minimum absolute atomic E-state index is 0.0819. The fraction of sp³-hybridized carbons (Fsp3) is 0.360. The van der Waals surface area contributed by atoms with E-state index in [-0.39, 0.29) is 11.1 Å². The molecule has 0 bridgehead atoms. The molecular weight excluding hydrogens is 402 g/mol. The lowest BCUT2D eigenvalue weighted by molar-refractivity contribution is 0.168. The van der Waals surface area contributed by atoms with Crippen LogP contribution in [0.15, 0.2) is 58.4 Å². The van der Waals surface area contributed by atoms with Gasteiger partial charge in [-0.05, 0) is 74.9 Å². The summed E-state index contributed by atoms with van der Waals surface area (Å²) >= 11 is 0. The Morgan fingerprint density at radius 3 is 1.78 bits per heavy atom. The molecule has 32 heavy (non-hydrogen) atoms. The van der Waals surface area contributed by atoms with Crippen molar-refractivity contribution in [2.45, 2.75) is 52.7 Å². The predicted molar refractivity (Wildman–Crippen MR) is 124 cm³/mol. The van der Waals surface area contributed by atoms with E-state index in [1.807, 2.05) is 38.1 Å². The molecule has 1 atom stereocenters. The van der Waals surface area contributed by atoms with Gasteiger partial charge >= 0.3 is 0 Å². The highest BCUT2D eigenvalue weighted by atomic mass is 16.1. The molecule has 1 aliphatic rings. The molecule has 1 unspecified atom stereocenters. The van der Waals surface area contributed by atoms with Gasteiger partial charge in [-0.15, -0.1) is 0 Å². The molecule has 0 saturated heterocycles. The average Bonchev–Trinajstić information content (AvgIpc) is 3.57. The van der Waals surface area contributed by atoms with E-state index in [1.54, 1.807) is 33.3 Å². The summed E-state index contributed by atoms with van der Waals surface area (Å²) in [5, 5.41) is 0. The number of nitrogens with zero attached hydrogens (tertiary/aromatic N) is 5. The molecule has 0 amide bonds. The summed E-state index contributed by atoms with van der Waals surface area (Å²) < 4.78 is 3.14. The summed E-state index contributed by atoms with van der Waals surface area (Å²) in [7, 11) is 0. The second kappa shape index (κ2) is 7.98. The van der Waals surface area contributed by atoms with Gasteiger partial charge < -0.3 is 0 Å². The van der Waals surface area contributed by atoms with Gasteiger partial charge in [0.1, 0.15) is 11.3 Å². The minimum atomic E-state index is -0.0819. The number of hydrogen-bond donors (Lipinski definition) is 0. The van der Waals surface area contributed by atoms with Crippen LogP contribution in [0.1, 0.15) is 42.3 Å². The summed E-state index contributed by atoms with van der Waals surface area (Å²) in [5.41, 5.74) is 4.75. The van der Waals surface area contributed by atoms with Crippen LogP contribution in [0.5, 0.6) is 0 Å². The van der Waals surface area contributed by atoms with E-state index in [2.05, 4.69) is 11.8 Å². The SMILES string of the molecule is Cc1ccn2c(=O)cc(CN(Cc3cc(=O)n4ccc(C)cc4n3)C(C)C3CC3)nc2c1. The molecule has 0 N–H and O–H groups in total. The Morgan fingerprint density at radius 1 is 0.875 bits per heavy atom. The van der Waals surface area contributed by atoms with Crippen molar-refractivity contribution in [3.05, 3.63) is 92.0 Å². The summed E-state index contributed by atoms with van der Waals surface area (Å²) in [5.74, 6) is 0.627. The summed E-state index contributed by atoms with van der Waals surface area (Å²) in [6.45, 7) is 7.27. The molecule has 0 aromatic carbocycles. The van der Waals surface area contributed by atoms with Gasteiger partial charge in [-0.25, -0.2) is 9.97 Å². The van der Waals surface area contributed by atoms with Gasteiger partial charge in [-0.3, -0.25) is 23.3 Å². The zero-order valence-electron chi connectivity index (χ0n) is 18.7. The van der Waals surface area contributed by atoms with Crippen molar-refractivity contribution in [2.75, 3.05) is 0 Å². The third-order valence-corrected chi connectivity index (χ3v) is 6.36. The minimum Gasteiger partial charge on any atom is -0.289 e. The molecule has 1 fully saturated rings. The smallest absolute Gasteiger partial charge is 0.258 e. The number of pyridine rings is 2. The Labute approximate surface area is 186 Å². The van der Waals surface area contributed by atoms with E-state index in [4.69, 9.17) is 9.97 Å². The van der Waals surface area contributed by atoms with Crippen LogP contribution in [0.3, 0.4) is 0 Å². The lowest BCUT2D eigenvalue weighted by atomic mass is 10.1. The second-order valence-electron chi connectivity index (χ2n) is 9.02. The van der Waals surface area contributed by atoms with E-state index in [0.717, 1.165) is 22.5 Å². The van der Waals surface area contributed by atoms with E-state index in [0.29, 0.717) is 36.3 Å². The standard InChI is InChI=1S/C25H27N5O2/c1-16-6-8-29-22(10-16)26-20(12-24(29)31)14-28(18(3)19-4-5-19)15-21-13-25(32)30-9-7-17(2)11-23(30)27-21/h6-13,18-19H,4-5,14-15H2,1-3H3. The Morgan fingerprint density at radius 2 is 1.34 bits per heavy atom. The maximum atomic E-state index is 12.6. The Bertz CT molecular complexity index is 1330. The highest BCUT2D eigenvalue weighted by Crippen LogP contribution is 2.36. The van der Waals surface area contributed by atoms with E-state index >= 15 is 0 Å². The maximum absolute atomic E-state index is 12.6. The molecule has 7 heteroatoms. The number of hydrogen-bond acceptors (Lipinski definition) is 5. The Hall–Kier alpha value is -3.32. The van der Waals surface area contributed by atoms with Crippen LogP contribution in [-0.4, -0.2) is 29.7 Å². The van der Waals surface area contributed by atoms with Crippen molar-refractivity contribution in [3.8, 4) is 0 Å². The number of aromatic nitrogens is 4. The number of rotatable bonds is 6. The number of fused-ring (bicyclic) bond motifs is 2. The zero-order valence-corrected chi connectivity index (χ0v) is 18.7. The maximum Gasteiger partial charge on any atom is 0.258 e. The molecule has 1 aliphatic carbocycles. The van der Waals surface area contributed by atoms with E-state index in [9.17, 15) is 9.59 Å². The molecule has 7 nitrogen and oxygen atoms in total. The lowest BCUT2D eigenvalue weighted by Crippen LogP contribution is -2.35. The summed E-state index contributed by atoms with van der Waals surface area (Å²) in [6, 6.07) is 11.2. The monoisotopic (exact) mass is 429 g/mol. The van der Waals surface area contributed by atoms with Gasteiger partial charge in [0.2, 0.25) is 0 Å². The van der Waals surface area contributed by atoms with Gasteiger partial charge in [0.15, 0.2) is 0 Å². The predicted octanol–water partition coefficient (Wildman–Crippen LogP) is 3.12. The first-order valence-corrected chi connectivity index (χ1v) is 11.1. The van der Waals surface area contributed by atoms with Crippen LogP contribution in [0.2, 0.25) is 0 Å². The fourth-order valence-electron chi connectivity index (χ4n) is 4.31. The van der Waals surface area contributed by atoms with Gasteiger partial charge in [0, 0.05) is 43.7 Å². The molecule has 5 rings (SSSR count). The highest BCUT2D eigenvalue weighted by Gasteiger charge is 2.32. The van der Waals surface area contributed by atoms with Crippen LogP contribution >= 0.6 is 0 Å². The molecule has 4 heterocycles. The van der Waals surface area contributed by atoms with Crippen molar-refractivity contribution < 1.29 is 0 Å². The van der Waals surface area contributed by atoms with Crippen LogP contribution in [0.25, 0.3) is 11.3 Å². The fourth-order valence-corrected chi connectivity index (χ4v) is 4.31. The molecule has 4 aromatic rings. The van der Waals surface area contributed by atoms with Crippen LogP contribution in [0.4, 0.5) is 0 Å². The van der Waals surface area contributed by atoms with Gasteiger partial charge in [0.25, 0.3) is 11.1 Å². The van der Waals surface area contributed by atoms with Crippen LogP contribution < -0.4 is 11.1 Å². The van der Waals surface area contributed by atoms with Gasteiger partial charge in [0.05, 0.1) is 11.4 Å². The molecule has 0 aliphatic heterocycles. The lowest BCUT2D eigenvalue weighted by Gasteiger charge is -2.28. The molecule has 164 valence electrons. The van der Waals surface area contributed by atoms with Crippen molar-refractivity contribution in [2.24, 2.45) is 5.92 Å². The number of aryl methyl sites for hydroxylation is 2. The van der Waals surface area contributed by atoms with Gasteiger partial charge in [-0.2, -0.15) is 0 Å². The average molecular weight is 430 g/mol. The quantitative estimate of drug-likeness (QED) is 0.471. The molecular formula is C25H27N5O2. The summed E-state index contributed by atoms with van der Waals surface area (Å²) in [4.78, 5) is 37.1. The first kappa shape index (κ1) is 20.6. The first-order valence-electron chi connectivity index (χ1n) is 11.1. The first-order chi connectivity index (χ1) is 15.4. The third kappa shape index (κ3) is 4.08. The topological polar surface area (TPSA) is 72.0 Å². The molecule has 0 radical (unpaired) electrons. The van der Waals surface area contributed by atoms with E-state index < -0.39 is 0 Å². The van der Waals surface area contributed by atoms with Crippen molar-refractivity contribution in [1.82, 2.24) is 23.7 Å². The van der Waals surface area contributed by atoms with E-state index in [1.165, 1.54) is 12.8 Å². The van der Waals surface area contributed by atoms with Crippen molar-refractivity contribution in [3.63, 3.8) is 0 Å². The highest BCUT2D eigenvalue weighted by molar-refractivity contribution is 5.42. The summed E-state index contributed by atoms with van der Waals surface area (Å²) in [6.07, 6.45) is 5.95. The third-order valence-electron chi connectivity index (χ3n) is 6.36. The molecule has 0 spiro atoms. The van der Waals surface area contributed by atoms with Crippen molar-refractivity contribution in [1.29, 1.82) is 0 Å². The Balaban J connectivity index is 1.50. The zero-order chi connectivity index (χ0) is 22.4.